The van der Waals surface area contributed by atoms with Gasteiger partial charge in [0.15, 0.2) is 0 Å². The molecule has 0 aromatic heterocycles. The highest BCUT2D eigenvalue weighted by Crippen LogP contribution is 1.95. The molecule has 0 aliphatic carbocycles. The zero-order valence-corrected chi connectivity index (χ0v) is 8.58. The third-order valence-corrected chi connectivity index (χ3v) is 1.87. The molecule has 0 radical (unpaired) electrons. The molecule has 80 valence electrons. The van der Waals surface area contributed by atoms with Crippen LogP contribution in [0.25, 0.3) is 0 Å². The predicted octanol–water partition coefficient (Wildman–Crippen LogP) is -0.630. The van der Waals surface area contributed by atoms with E-state index < -0.39 is 0 Å². The first-order valence-electron chi connectivity index (χ1n) is 4.74. The number of hydrogen-bond acceptors (Lipinski definition) is 4. The molecule has 0 atom stereocenters. The first-order chi connectivity index (χ1) is 6.58. The normalized spacial score (nSPS) is 18.8. The summed E-state index contributed by atoms with van der Waals surface area (Å²) in [6.07, 6.45) is 0.185. The lowest BCUT2D eigenvalue weighted by atomic mass is 10.3. The number of nitrogens with one attached hydrogen (secondary N) is 1. The van der Waals surface area contributed by atoms with Gasteiger partial charge in [-0.2, -0.15) is 0 Å². The minimum absolute atomic E-state index is 0.185. The van der Waals surface area contributed by atoms with E-state index in [9.17, 15) is 9.59 Å². The van der Waals surface area contributed by atoms with Gasteiger partial charge in [0.1, 0.15) is 0 Å². The van der Waals surface area contributed by atoms with E-state index in [2.05, 4.69) is 5.32 Å². The number of ether oxygens (including phenoxy) is 1. The highest BCUT2D eigenvalue weighted by Gasteiger charge is 2.21. The molecular weight excluding hydrogens is 184 g/mol. The van der Waals surface area contributed by atoms with Crippen molar-refractivity contribution in [1.29, 1.82) is 0 Å². The molecule has 2 amide bonds. The zero-order valence-electron chi connectivity index (χ0n) is 8.58. The topological polar surface area (TPSA) is 58.6 Å². The molecule has 1 rings (SSSR count). The molecule has 5 heteroatoms. The van der Waals surface area contributed by atoms with E-state index in [0.29, 0.717) is 13.2 Å². The Balaban J connectivity index is 2.23. The highest BCUT2D eigenvalue weighted by atomic mass is 16.5. The van der Waals surface area contributed by atoms with E-state index in [1.807, 2.05) is 13.8 Å². The standard InChI is InChI=1S/C9H16N2O3/c1-7(2)14-4-3-11-5-8(12)10-9(13)6-11/h7H,3-6H2,1-2H3,(H,10,12,13). The fourth-order valence-electron chi connectivity index (χ4n) is 1.27. The average molecular weight is 200 g/mol. The van der Waals surface area contributed by atoms with E-state index in [1.165, 1.54) is 0 Å². The Morgan fingerprint density at radius 2 is 1.93 bits per heavy atom. The smallest absolute Gasteiger partial charge is 0.240 e. The van der Waals surface area contributed by atoms with Crippen molar-refractivity contribution in [2.75, 3.05) is 26.2 Å². The molecular formula is C9H16N2O3. The lowest BCUT2D eigenvalue weighted by Gasteiger charge is -2.25. The summed E-state index contributed by atoms with van der Waals surface area (Å²) in [6.45, 7) is 5.65. The first-order valence-corrected chi connectivity index (χ1v) is 4.74. The molecule has 1 N–H and O–H groups in total. The summed E-state index contributed by atoms with van der Waals surface area (Å²) in [5.41, 5.74) is 0. The molecule has 0 aromatic rings. The summed E-state index contributed by atoms with van der Waals surface area (Å²) in [4.78, 5) is 23.7. The van der Waals surface area contributed by atoms with E-state index in [4.69, 9.17) is 4.74 Å². The van der Waals surface area contributed by atoms with Gasteiger partial charge < -0.3 is 4.74 Å². The fraction of sp³-hybridized carbons (Fsp3) is 0.778. The van der Waals surface area contributed by atoms with Crippen molar-refractivity contribution in [3.8, 4) is 0 Å². The molecule has 1 aliphatic heterocycles. The number of nitrogens with zero attached hydrogens (tertiary/aromatic N) is 1. The molecule has 0 saturated carbocycles. The van der Waals surface area contributed by atoms with Gasteiger partial charge in [-0.05, 0) is 13.8 Å². The van der Waals surface area contributed by atoms with Gasteiger partial charge in [0.2, 0.25) is 11.8 Å². The molecule has 1 saturated heterocycles. The van der Waals surface area contributed by atoms with Crippen LogP contribution in [0.1, 0.15) is 13.8 Å². The van der Waals surface area contributed by atoms with Gasteiger partial charge in [-0.1, -0.05) is 0 Å². The zero-order chi connectivity index (χ0) is 10.6. The molecule has 5 nitrogen and oxygen atoms in total. The van der Waals surface area contributed by atoms with Crippen molar-refractivity contribution in [1.82, 2.24) is 10.2 Å². The third-order valence-electron chi connectivity index (χ3n) is 1.87. The second kappa shape index (κ2) is 5.07. The molecule has 1 aliphatic rings. The van der Waals surface area contributed by atoms with Crippen molar-refractivity contribution in [3.63, 3.8) is 0 Å². The Morgan fingerprint density at radius 1 is 1.36 bits per heavy atom. The molecule has 0 unspecified atom stereocenters. The van der Waals surface area contributed by atoms with Gasteiger partial charge in [-0.3, -0.25) is 19.8 Å². The number of carbonyl (C=O) groups is 2. The summed E-state index contributed by atoms with van der Waals surface area (Å²) in [5, 5.41) is 2.25. The Kier molecular flexibility index (Phi) is 4.03. The van der Waals surface area contributed by atoms with Crippen LogP contribution in [0, 0.1) is 0 Å². The fourth-order valence-corrected chi connectivity index (χ4v) is 1.27. The van der Waals surface area contributed by atoms with Crippen molar-refractivity contribution >= 4 is 11.8 Å². The van der Waals surface area contributed by atoms with Crippen LogP contribution < -0.4 is 5.32 Å². The van der Waals surface area contributed by atoms with Crippen LogP contribution in [-0.4, -0.2) is 49.1 Å². The van der Waals surface area contributed by atoms with Gasteiger partial charge in [-0.15, -0.1) is 0 Å². The number of carbonyl (C=O) groups excluding carboxylic acids is 2. The molecule has 1 heterocycles. The van der Waals surface area contributed by atoms with E-state index in [1.54, 1.807) is 4.90 Å². The molecule has 0 aromatic carbocycles. The van der Waals surface area contributed by atoms with Crippen LogP contribution in [0.2, 0.25) is 0 Å². The minimum Gasteiger partial charge on any atom is -0.377 e. The number of imide groups is 1. The Bertz CT molecular complexity index is 212. The molecule has 0 spiro atoms. The summed E-state index contributed by atoms with van der Waals surface area (Å²) >= 11 is 0. The van der Waals surface area contributed by atoms with Crippen LogP contribution in [0.15, 0.2) is 0 Å². The van der Waals surface area contributed by atoms with Gasteiger partial charge in [0.05, 0.1) is 25.8 Å². The van der Waals surface area contributed by atoms with E-state index in [0.717, 1.165) is 0 Å². The van der Waals surface area contributed by atoms with Gasteiger partial charge in [0.25, 0.3) is 0 Å². The Hall–Kier alpha value is -0.940. The lowest BCUT2D eigenvalue weighted by molar-refractivity contribution is -0.136. The molecule has 0 bridgehead atoms. The average Bonchev–Trinajstić information content (AvgIpc) is 2.01. The maximum atomic E-state index is 11.0. The van der Waals surface area contributed by atoms with Gasteiger partial charge in [-0.25, -0.2) is 0 Å². The van der Waals surface area contributed by atoms with Crippen LogP contribution in [0.3, 0.4) is 0 Å². The second-order valence-corrected chi connectivity index (χ2v) is 3.60. The predicted molar refractivity (Wildman–Crippen MR) is 50.7 cm³/mol. The van der Waals surface area contributed by atoms with E-state index >= 15 is 0 Å². The minimum atomic E-state index is -0.231. The van der Waals surface area contributed by atoms with Crippen molar-refractivity contribution in [2.45, 2.75) is 20.0 Å². The first kappa shape index (κ1) is 11.1. The van der Waals surface area contributed by atoms with E-state index in [-0.39, 0.29) is 31.0 Å². The maximum Gasteiger partial charge on any atom is 0.240 e. The Morgan fingerprint density at radius 3 is 2.43 bits per heavy atom. The number of amides is 2. The number of rotatable bonds is 4. The third kappa shape index (κ3) is 3.85. The summed E-state index contributed by atoms with van der Waals surface area (Å²) in [5.74, 6) is -0.461. The molecule has 1 fully saturated rings. The van der Waals surface area contributed by atoms with Crippen molar-refractivity contribution in [2.24, 2.45) is 0 Å². The highest BCUT2D eigenvalue weighted by molar-refractivity contribution is 5.99. The van der Waals surface area contributed by atoms with Crippen LogP contribution in [-0.2, 0) is 14.3 Å². The summed E-state index contributed by atoms with van der Waals surface area (Å²) in [7, 11) is 0. The summed E-state index contributed by atoms with van der Waals surface area (Å²) < 4.78 is 5.33. The second-order valence-electron chi connectivity index (χ2n) is 3.60. The quantitative estimate of drug-likeness (QED) is 0.614. The van der Waals surface area contributed by atoms with Crippen LogP contribution >= 0.6 is 0 Å². The van der Waals surface area contributed by atoms with Crippen LogP contribution in [0.5, 0.6) is 0 Å². The monoisotopic (exact) mass is 200 g/mol. The lowest BCUT2D eigenvalue weighted by Crippen LogP contribution is -2.52. The van der Waals surface area contributed by atoms with Gasteiger partial charge in [0, 0.05) is 6.54 Å². The Labute approximate surface area is 83.4 Å². The van der Waals surface area contributed by atoms with Gasteiger partial charge >= 0.3 is 0 Å². The number of piperazine rings is 1. The maximum absolute atomic E-state index is 11.0. The number of hydrogen-bond donors (Lipinski definition) is 1. The van der Waals surface area contributed by atoms with Crippen molar-refractivity contribution < 1.29 is 14.3 Å². The van der Waals surface area contributed by atoms with Crippen LogP contribution in [0.4, 0.5) is 0 Å². The molecule has 14 heavy (non-hydrogen) atoms. The van der Waals surface area contributed by atoms with Crippen molar-refractivity contribution in [3.05, 3.63) is 0 Å². The largest absolute Gasteiger partial charge is 0.377 e. The SMILES string of the molecule is CC(C)OCCN1CC(=O)NC(=O)C1. The summed E-state index contributed by atoms with van der Waals surface area (Å²) in [6, 6.07) is 0.